The molecule has 0 radical (unpaired) electrons. The van der Waals surface area contributed by atoms with E-state index in [0.29, 0.717) is 0 Å². The first kappa shape index (κ1) is 13.3. The van der Waals surface area contributed by atoms with E-state index in [1.54, 1.807) is 0 Å². The molecule has 1 aromatic rings. The van der Waals surface area contributed by atoms with E-state index in [0.717, 1.165) is 0 Å². The number of nitrogens with zero attached hydrogens (tertiary/aromatic N) is 1. The van der Waals surface area contributed by atoms with Crippen molar-refractivity contribution in [2.45, 2.75) is 12.4 Å². The third-order valence-corrected chi connectivity index (χ3v) is 1.83. The Balaban J connectivity index is 3.43. The maximum absolute atomic E-state index is 12.3. The Morgan fingerprint density at radius 1 is 1.00 bits per heavy atom. The minimum atomic E-state index is -5.08. The molecule has 0 amide bonds. The molecule has 0 N–H and O–H groups in total. The minimum Gasteiger partial charge on any atom is -0.258 e. The Morgan fingerprint density at radius 3 is 1.88 bits per heavy atom. The third-order valence-electron chi connectivity index (χ3n) is 1.83. The third kappa shape index (κ3) is 2.86. The van der Waals surface area contributed by atoms with Gasteiger partial charge in [-0.15, -0.1) is 0 Å². The van der Waals surface area contributed by atoms with Gasteiger partial charge < -0.3 is 0 Å². The molecule has 0 aliphatic carbocycles. The molecule has 94 valence electrons. The van der Waals surface area contributed by atoms with Crippen molar-refractivity contribution in [2.24, 2.45) is 0 Å². The standard InChI is InChI=1S/C8H3F6NO2/c9-7(10,11)4-1-2-5(8(12,13)14)6(3-4)15(16)17/h1-3H. The van der Waals surface area contributed by atoms with E-state index in [9.17, 15) is 36.5 Å². The second kappa shape index (κ2) is 3.90. The summed E-state index contributed by atoms with van der Waals surface area (Å²) in [5, 5.41) is 10.3. The van der Waals surface area contributed by atoms with Crippen LogP contribution in [0.25, 0.3) is 0 Å². The number of halogens is 6. The average Bonchev–Trinajstić information content (AvgIpc) is 2.14. The Hall–Kier alpha value is -1.80. The van der Waals surface area contributed by atoms with E-state index < -0.39 is 34.1 Å². The largest absolute Gasteiger partial charge is 0.422 e. The van der Waals surface area contributed by atoms with Crippen LogP contribution >= 0.6 is 0 Å². The van der Waals surface area contributed by atoms with Gasteiger partial charge in [-0.25, -0.2) is 0 Å². The van der Waals surface area contributed by atoms with Gasteiger partial charge in [-0.1, -0.05) is 0 Å². The fourth-order valence-electron chi connectivity index (χ4n) is 1.10. The summed E-state index contributed by atoms with van der Waals surface area (Å²) in [5.74, 6) is 0. The molecule has 3 nitrogen and oxygen atoms in total. The monoisotopic (exact) mass is 259 g/mol. The molecule has 0 saturated heterocycles. The Labute approximate surface area is 89.8 Å². The van der Waals surface area contributed by atoms with Gasteiger partial charge in [-0.05, 0) is 12.1 Å². The van der Waals surface area contributed by atoms with Crippen LogP contribution in [0.3, 0.4) is 0 Å². The fraction of sp³-hybridized carbons (Fsp3) is 0.250. The molecule has 0 saturated carbocycles. The molecule has 0 heterocycles. The normalized spacial score (nSPS) is 12.6. The predicted molar refractivity (Wildman–Crippen MR) is 43.1 cm³/mol. The summed E-state index contributed by atoms with van der Waals surface area (Å²) in [7, 11) is 0. The Morgan fingerprint density at radius 2 is 1.53 bits per heavy atom. The summed E-state index contributed by atoms with van der Waals surface area (Å²) in [5.41, 5.74) is -4.83. The zero-order chi connectivity index (χ0) is 13.4. The summed E-state index contributed by atoms with van der Waals surface area (Å²) in [6.45, 7) is 0. The van der Waals surface area contributed by atoms with Gasteiger partial charge in [-0.2, -0.15) is 26.3 Å². The quantitative estimate of drug-likeness (QED) is 0.439. The molecule has 9 heteroatoms. The molecule has 17 heavy (non-hydrogen) atoms. The van der Waals surface area contributed by atoms with Gasteiger partial charge in [0.05, 0.1) is 10.5 Å². The highest BCUT2D eigenvalue weighted by molar-refractivity contribution is 5.45. The van der Waals surface area contributed by atoms with Crippen molar-refractivity contribution < 1.29 is 31.3 Å². The summed E-state index contributed by atoms with van der Waals surface area (Å²) >= 11 is 0. The van der Waals surface area contributed by atoms with Crippen molar-refractivity contribution in [3.8, 4) is 0 Å². The molecule has 0 spiro atoms. The van der Waals surface area contributed by atoms with Crippen molar-refractivity contribution in [3.63, 3.8) is 0 Å². The highest BCUT2D eigenvalue weighted by atomic mass is 19.4. The summed E-state index contributed by atoms with van der Waals surface area (Å²) < 4.78 is 73.2. The first-order chi connectivity index (χ1) is 7.53. The van der Waals surface area contributed by atoms with Crippen LogP contribution < -0.4 is 0 Å². The molecular weight excluding hydrogens is 256 g/mol. The van der Waals surface area contributed by atoms with E-state index in [2.05, 4.69) is 0 Å². The van der Waals surface area contributed by atoms with Gasteiger partial charge in [-0.3, -0.25) is 10.1 Å². The lowest BCUT2D eigenvalue weighted by atomic mass is 10.1. The first-order valence-electron chi connectivity index (χ1n) is 3.96. The van der Waals surface area contributed by atoms with Gasteiger partial charge in [0.1, 0.15) is 5.56 Å². The number of hydrogen-bond acceptors (Lipinski definition) is 2. The molecule has 0 aromatic heterocycles. The van der Waals surface area contributed by atoms with Crippen molar-refractivity contribution >= 4 is 5.69 Å². The molecular formula is C8H3F6NO2. The number of rotatable bonds is 1. The van der Waals surface area contributed by atoms with Gasteiger partial charge in [0.2, 0.25) is 0 Å². The average molecular weight is 259 g/mol. The fourth-order valence-corrected chi connectivity index (χ4v) is 1.10. The topological polar surface area (TPSA) is 43.1 Å². The van der Waals surface area contributed by atoms with E-state index in [-0.39, 0.29) is 18.2 Å². The van der Waals surface area contributed by atoms with E-state index >= 15 is 0 Å². The zero-order valence-corrected chi connectivity index (χ0v) is 7.76. The van der Waals surface area contributed by atoms with Gasteiger partial charge in [0.25, 0.3) is 5.69 Å². The number of alkyl halides is 6. The number of nitro groups is 1. The number of hydrogen-bond donors (Lipinski definition) is 0. The first-order valence-corrected chi connectivity index (χ1v) is 3.96. The lowest BCUT2D eigenvalue weighted by Gasteiger charge is -2.10. The molecule has 0 aliphatic rings. The van der Waals surface area contributed by atoms with Crippen LogP contribution in [0, 0.1) is 10.1 Å². The van der Waals surface area contributed by atoms with E-state index in [1.807, 2.05) is 0 Å². The summed E-state index contributed by atoms with van der Waals surface area (Å²) in [6.07, 6.45) is -10.0. The van der Waals surface area contributed by atoms with Gasteiger partial charge in [0.15, 0.2) is 0 Å². The smallest absolute Gasteiger partial charge is 0.258 e. The Kier molecular flexibility index (Phi) is 3.04. The van der Waals surface area contributed by atoms with Crippen LogP contribution in [0.1, 0.15) is 11.1 Å². The highest BCUT2D eigenvalue weighted by Gasteiger charge is 2.41. The maximum Gasteiger partial charge on any atom is 0.422 e. The van der Waals surface area contributed by atoms with Crippen LogP contribution in [-0.2, 0) is 12.4 Å². The molecule has 0 aliphatic heterocycles. The lowest BCUT2D eigenvalue weighted by molar-refractivity contribution is -0.388. The van der Waals surface area contributed by atoms with Crippen LogP contribution in [-0.4, -0.2) is 4.92 Å². The summed E-state index contributed by atoms with van der Waals surface area (Å²) in [6, 6.07) is 0.0552. The van der Waals surface area contributed by atoms with Crippen molar-refractivity contribution in [3.05, 3.63) is 39.4 Å². The number of benzene rings is 1. The molecule has 0 unspecified atom stereocenters. The number of nitro benzene ring substituents is 1. The van der Waals surface area contributed by atoms with Crippen LogP contribution in [0.15, 0.2) is 18.2 Å². The SMILES string of the molecule is O=[N+]([O-])c1cc(C(F)(F)F)ccc1C(F)(F)F. The Bertz CT molecular complexity index is 450. The van der Waals surface area contributed by atoms with E-state index in [1.165, 1.54) is 0 Å². The van der Waals surface area contributed by atoms with Gasteiger partial charge in [0, 0.05) is 6.07 Å². The zero-order valence-electron chi connectivity index (χ0n) is 7.76. The molecule has 0 bridgehead atoms. The maximum atomic E-state index is 12.3. The molecule has 1 aromatic carbocycles. The van der Waals surface area contributed by atoms with Crippen molar-refractivity contribution in [2.75, 3.05) is 0 Å². The van der Waals surface area contributed by atoms with Crippen LogP contribution in [0.2, 0.25) is 0 Å². The molecule has 0 atom stereocenters. The minimum absolute atomic E-state index is 0.0426. The van der Waals surface area contributed by atoms with Crippen molar-refractivity contribution in [1.29, 1.82) is 0 Å². The second-order valence-electron chi connectivity index (χ2n) is 2.98. The summed E-state index contributed by atoms with van der Waals surface area (Å²) in [4.78, 5) is 8.78. The van der Waals surface area contributed by atoms with Crippen LogP contribution in [0.5, 0.6) is 0 Å². The lowest BCUT2D eigenvalue weighted by Crippen LogP contribution is -2.12. The highest BCUT2D eigenvalue weighted by Crippen LogP contribution is 2.39. The van der Waals surface area contributed by atoms with Crippen LogP contribution in [0.4, 0.5) is 32.0 Å². The van der Waals surface area contributed by atoms with Crippen molar-refractivity contribution in [1.82, 2.24) is 0 Å². The predicted octanol–water partition coefficient (Wildman–Crippen LogP) is 3.63. The second-order valence-corrected chi connectivity index (χ2v) is 2.98. The van der Waals surface area contributed by atoms with Gasteiger partial charge >= 0.3 is 12.4 Å². The molecule has 0 fully saturated rings. The van der Waals surface area contributed by atoms with E-state index in [4.69, 9.17) is 0 Å². The molecule has 1 rings (SSSR count).